The van der Waals surface area contributed by atoms with Gasteiger partial charge in [-0.15, -0.1) is 0 Å². The Balaban J connectivity index is 1.03. The molecule has 5 heterocycles. The van der Waals surface area contributed by atoms with Gasteiger partial charge in [-0.3, -0.25) is 9.89 Å². The molecule has 4 amide bonds. The fourth-order valence-corrected chi connectivity index (χ4v) is 8.09. The predicted octanol–water partition coefficient (Wildman–Crippen LogP) is 5.66. The molecule has 11 nitrogen and oxygen atoms in total. The molecule has 3 saturated heterocycles. The number of alkyl halides is 3. The maximum Gasteiger partial charge on any atom is 0.418 e. The number of ether oxygens (including phenoxy) is 1. The van der Waals surface area contributed by atoms with E-state index in [4.69, 9.17) is 4.74 Å². The summed E-state index contributed by atoms with van der Waals surface area (Å²) in [5.74, 6) is -0.396. The van der Waals surface area contributed by atoms with Crippen LogP contribution in [0.25, 0.3) is 10.9 Å². The van der Waals surface area contributed by atoms with E-state index in [1.54, 1.807) is 11.0 Å². The van der Waals surface area contributed by atoms with Crippen molar-refractivity contribution in [2.75, 3.05) is 51.1 Å². The molecule has 0 spiro atoms. The van der Waals surface area contributed by atoms with Crippen LogP contribution in [0.2, 0.25) is 0 Å². The summed E-state index contributed by atoms with van der Waals surface area (Å²) in [6.45, 7) is 4.31. The number of hydrogen-bond donors (Lipinski definition) is 2. The lowest BCUT2D eigenvalue weighted by Gasteiger charge is -2.41. The zero-order chi connectivity index (χ0) is 34.8. The molecule has 50 heavy (non-hydrogen) atoms. The first kappa shape index (κ1) is 34.1. The van der Waals surface area contributed by atoms with Crippen LogP contribution in [0.3, 0.4) is 0 Å². The first-order valence-corrected chi connectivity index (χ1v) is 17.8. The number of amides is 4. The van der Waals surface area contributed by atoms with E-state index in [2.05, 4.69) is 20.4 Å². The molecule has 1 atom stereocenters. The van der Waals surface area contributed by atoms with Crippen molar-refractivity contribution >= 4 is 34.6 Å². The Hall–Kier alpha value is -4.33. The minimum absolute atomic E-state index is 0.0746. The van der Waals surface area contributed by atoms with Gasteiger partial charge < -0.3 is 29.7 Å². The standard InChI is InChI=1S/C36H44F3N7O4/c37-36(38,39)29-21-24(20-26-23-40-42-32(26)29)22-31(33(47)44-15-9-27(10-16-44)43-13-4-1-5-14-43)50-35(49)45-17-11-28(12-18-45)46-19-8-25-6-2-3-7-30(25)41-34(46)48/h2-3,6-7,20-21,23,27-28,31H,1,4-5,8-19,22H2,(H,40,42)(H,41,48)/t31-/m1/s1. The van der Waals surface area contributed by atoms with E-state index in [1.165, 1.54) is 30.4 Å². The number of likely N-dealkylation sites (tertiary alicyclic amines) is 3. The van der Waals surface area contributed by atoms with Crippen molar-refractivity contribution in [2.45, 2.75) is 82.2 Å². The summed E-state index contributed by atoms with van der Waals surface area (Å²) in [5.41, 5.74) is 1.09. The van der Waals surface area contributed by atoms with Gasteiger partial charge in [0.05, 0.1) is 17.3 Å². The summed E-state index contributed by atoms with van der Waals surface area (Å²) >= 11 is 0. The van der Waals surface area contributed by atoms with Crippen LogP contribution in [0.15, 0.2) is 42.6 Å². The number of carbonyl (C=O) groups is 3. The van der Waals surface area contributed by atoms with Crippen molar-refractivity contribution in [3.63, 3.8) is 0 Å². The summed E-state index contributed by atoms with van der Waals surface area (Å²) in [4.78, 5) is 48.3. The number of carbonyl (C=O) groups excluding carboxylic acids is 3. The van der Waals surface area contributed by atoms with Crippen LogP contribution in [0.4, 0.5) is 28.4 Å². The Morgan fingerprint density at radius 2 is 1.60 bits per heavy atom. The monoisotopic (exact) mass is 695 g/mol. The van der Waals surface area contributed by atoms with E-state index in [0.717, 1.165) is 49.7 Å². The Kier molecular flexibility index (Phi) is 9.89. The fraction of sp³-hybridized carbons (Fsp3) is 0.556. The molecule has 7 rings (SSSR count). The number of fused-ring (bicyclic) bond motifs is 2. The predicted molar refractivity (Wildman–Crippen MR) is 181 cm³/mol. The second kappa shape index (κ2) is 14.5. The quantitative estimate of drug-likeness (QED) is 0.344. The van der Waals surface area contributed by atoms with Gasteiger partial charge in [-0.2, -0.15) is 18.3 Å². The summed E-state index contributed by atoms with van der Waals surface area (Å²) in [6, 6.07) is 10.4. The summed E-state index contributed by atoms with van der Waals surface area (Å²) in [6.07, 6.45) is 1.46. The van der Waals surface area contributed by atoms with E-state index < -0.39 is 29.8 Å². The Bertz CT molecular complexity index is 1690. The maximum atomic E-state index is 14.0. The van der Waals surface area contributed by atoms with Crippen LogP contribution in [-0.4, -0.2) is 112 Å². The van der Waals surface area contributed by atoms with E-state index >= 15 is 0 Å². The van der Waals surface area contributed by atoms with Crippen molar-refractivity contribution in [1.29, 1.82) is 0 Å². The summed E-state index contributed by atoms with van der Waals surface area (Å²) in [7, 11) is 0. The number of rotatable bonds is 6. The highest BCUT2D eigenvalue weighted by atomic mass is 19.4. The van der Waals surface area contributed by atoms with Gasteiger partial charge in [-0.05, 0) is 87.4 Å². The van der Waals surface area contributed by atoms with E-state index in [-0.39, 0.29) is 35.0 Å². The number of H-pyrrole nitrogens is 1. The summed E-state index contributed by atoms with van der Waals surface area (Å²) in [5, 5.41) is 9.48. The summed E-state index contributed by atoms with van der Waals surface area (Å²) < 4.78 is 48.0. The highest BCUT2D eigenvalue weighted by molar-refractivity contribution is 5.91. The second-order valence-corrected chi connectivity index (χ2v) is 14.0. The Morgan fingerprint density at radius 3 is 2.34 bits per heavy atom. The van der Waals surface area contributed by atoms with Gasteiger partial charge in [0.2, 0.25) is 0 Å². The Labute approximate surface area is 289 Å². The van der Waals surface area contributed by atoms with Gasteiger partial charge in [0.25, 0.3) is 5.91 Å². The highest BCUT2D eigenvalue weighted by Crippen LogP contribution is 2.35. The van der Waals surface area contributed by atoms with Crippen molar-refractivity contribution in [3.05, 3.63) is 59.3 Å². The van der Waals surface area contributed by atoms with Gasteiger partial charge in [0.15, 0.2) is 6.10 Å². The Morgan fingerprint density at radius 1 is 0.900 bits per heavy atom. The third kappa shape index (κ3) is 7.40. The van der Waals surface area contributed by atoms with Gasteiger partial charge in [0.1, 0.15) is 0 Å². The van der Waals surface area contributed by atoms with E-state index in [1.807, 2.05) is 29.2 Å². The molecule has 0 saturated carbocycles. The van der Waals surface area contributed by atoms with Crippen molar-refractivity contribution < 1.29 is 32.3 Å². The molecule has 0 radical (unpaired) electrons. The number of aromatic amines is 1. The number of anilines is 1. The lowest BCUT2D eigenvalue weighted by molar-refractivity contribution is -0.142. The van der Waals surface area contributed by atoms with Crippen LogP contribution in [0.5, 0.6) is 0 Å². The number of piperidine rings is 3. The largest absolute Gasteiger partial charge is 0.436 e. The minimum atomic E-state index is -4.65. The normalized spacial score (nSPS) is 20.7. The lowest BCUT2D eigenvalue weighted by atomic mass is 9.98. The number of para-hydroxylation sites is 1. The number of benzene rings is 2. The maximum absolute atomic E-state index is 14.0. The molecule has 268 valence electrons. The van der Waals surface area contributed by atoms with Crippen LogP contribution in [0, 0.1) is 0 Å². The van der Waals surface area contributed by atoms with E-state index in [0.29, 0.717) is 51.6 Å². The molecular weight excluding hydrogens is 651 g/mol. The van der Waals surface area contributed by atoms with Crippen LogP contribution >= 0.6 is 0 Å². The topological polar surface area (TPSA) is 114 Å². The van der Waals surface area contributed by atoms with E-state index in [9.17, 15) is 27.6 Å². The third-order valence-electron chi connectivity index (χ3n) is 10.8. The van der Waals surface area contributed by atoms with Gasteiger partial charge >= 0.3 is 18.3 Å². The molecule has 3 aromatic rings. The van der Waals surface area contributed by atoms with Gasteiger partial charge in [-0.1, -0.05) is 24.6 Å². The number of nitrogens with one attached hydrogen (secondary N) is 2. The van der Waals surface area contributed by atoms with Crippen molar-refractivity contribution in [3.8, 4) is 0 Å². The first-order valence-electron chi connectivity index (χ1n) is 17.8. The molecule has 4 aliphatic rings. The SMILES string of the molecule is O=C(O[C@H](Cc1cc(C(F)(F)F)c2[nH]ncc2c1)C(=O)N1CCC(N2CCCCC2)CC1)N1CCC(N2CCc3ccccc3NC2=O)CC1. The van der Waals surface area contributed by atoms with Crippen LogP contribution < -0.4 is 5.32 Å². The van der Waals surface area contributed by atoms with Crippen LogP contribution in [0.1, 0.15) is 61.6 Å². The van der Waals surface area contributed by atoms with Crippen molar-refractivity contribution in [2.24, 2.45) is 0 Å². The minimum Gasteiger partial charge on any atom is -0.436 e. The van der Waals surface area contributed by atoms with Crippen molar-refractivity contribution in [1.82, 2.24) is 29.8 Å². The van der Waals surface area contributed by atoms with Gasteiger partial charge in [-0.25, -0.2) is 9.59 Å². The molecule has 0 unspecified atom stereocenters. The highest BCUT2D eigenvalue weighted by Gasteiger charge is 2.38. The smallest absolute Gasteiger partial charge is 0.418 e. The number of halogens is 3. The molecule has 3 fully saturated rings. The number of aromatic nitrogens is 2. The zero-order valence-electron chi connectivity index (χ0n) is 28.1. The molecule has 1 aromatic heterocycles. The number of nitrogens with zero attached hydrogens (tertiary/aromatic N) is 5. The zero-order valence-corrected chi connectivity index (χ0v) is 28.1. The van der Waals surface area contributed by atoms with Crippen LogP contribution in [-0.2, 0) is 28.5 Å². The number of hydrogen-bond acceptors (Lipinski definition) is 6. The first-order chi connectivity index (χ1) is 24.1. The molecule has 0 aliphatic carbocycles. The lowest BCUT2D eigenvalue weighted by Crippen LogP contribution is -2.53. The molecule has 0 bridgehead atoms. The fourth-order valence-electron chi connectivity index (χ4n) is 8.09. The second-order valence-electron chi connectivity index (χ2n) is 14.0. The molecule has 14 heteroatoms. The molecular formula is C36H44F3N7O4. The third-order valence-corrected chi connectivity index (χ3v) is 10.8. The number of urea groups is 1. The molecule has 2 N–H and O–H groups in total. The van der Waals surface area contributed by atoms with Gasteiger partial charge in [0, 0.05) is 62.3 Å². The average Bonchev–Trinajstić information content (AvgIpc) is 3.53. The average molecular weight is 696 g/mol. The molecule has 4 aliphatic heterocycles. The molecule has 2 aromatic carbocycles.